The summed E-state index contributed by atoms with van der Waals surface area (Å²) >= 11 is 3.39. The largest absolute Gasteiger partial charge is 0.492 e. The van der Waals surface area contributed by atoms with Gasteiger partial charge in [-0.2, -0.15) is 0 Å². The van der Waals surface area contributed by atoms with Gasteiger partial charge in [0.1, 0.15) is 5.75 Å². The van der Waals surface area contributed by atoms with Crippen LogP contribution in [0, 0.1) is 0 Å². The molecule has 0 aliphatic carbocycles. The van der Waals surface area contributed by atoms with Crippen molar-refractivity contribution >= 4 is 27.7 Å². The second-order valence-electron chi connectivity index (χ2n) is 4.07. The lowest BCUT2D eigenvalue weighted by Crippen LogP contribution is -2.30. The summed E-state index contributed by atoms with van der Waals surface area (Å²) in [7, 11) is 0. The van der Waals surface area contributed by atoms with Gasteiger partial charge in [0.15, 0.2) is 0 Å². The summed E-state index contributed by atoms with van der Waals surface area (Å²) in [6.45, 7) is 0.932. The average molecular weight is 312 g/mol. The van der Waals surface area contributed by atoms with Gasteiger partial charge in [-0.1, -0.05) is 12.1 Å². The summed E-state index contributed by atoms with van der Waals surface area (Å²) in [6, 6.07) is 7.59. The number of benzene rings is 1. The van der Waals surface area contributed by atoms with Gasteiger partial charge in [-0.3, -0.25) is 14.5 Å². The summed E-state index contributed by atoms with van der Waals surface area (Å²) in [6.07, 6.45) is 1.35. The molecule has 0 aromatic heterocycles. The lowest BCUT2D eigenvalue weighted by Gasteiger charge is -2.14. The molecule has 1 fully saturated rings. The topological polar surface area (TPSA) is 46.6 Å². The van der Waals surface area contributed by atoms with Gasteiger partial charge >= 0.3 is 0 Å². The first kappa shape index (κ1) is 13.1. The molecule has 96 valence electrons. The van der Waals surface area contributed by atoms with Crippen molar-refractivity contribution < 1.29 is 14.3 Å². The normalized spacial score (nSPS) is 15.3. The van der Waals surface area contributed by atoms with E-state index in [2.05, 4.69) is 15.9 Å². The molecule has 0 unspecified atom stereocenters. The van der Waals surface area contributed by atoms with Crippen molar-refractivity contribution in [1.29, 1.82) is 0 Å². The lowest BCUT2D eigenvalue weighted by atomic mass is 10.3. The van der Waals surface area contributed by atoms with Crippen molar-refractivity contribution in [2.24, 2.45) is 0 Å². The van der Waals surface area contributed by atoms with Gasteiger partial charge in [-0.15, -0.1) is 0 Å². The number of amides is 2. The Balaban J connectivity index is 1.75. The fourth-order valence-electron chi connectivity index (χ4n) is 1.84. The van der Waals surface area contributed by atoms with Crippen LogP contribution in [0.3, 0.4) is 0 Å². The molecule has 2 amide bonds. The maximum Gasteiger partial charge on any atom is 0.229 e. The van der Waals surface area contributed by atoms with Crippen LogP contribution in [0.4, 0.5) is 0 Å². The Kier molecular flexibility index (Phi) is 4.36. The number of ether oxygens (including phenoxy) is 1. The van der Waals surface area contributed by atoms with Crippen LogP contribution >= 0.6 is 15.9 Å². The highest BCUT2D eigenvalue weighted by Crippen LogP contribution is 2.23. The number of rotatable bonds is 5. The van der Waals surface area contributed by atoms with E-state index < -0.39 is 0 Å². The zero-order chi connectivity index (χ0) is 13.0. The van der Waals surface area contributed by atoms with E-state index >= 15 is 0 Å². The van der Waals surface area contributed by atoms with Gasteiger partial charge in [-0.05, 0) is 34.5 Å². The van der Waals surface area contributed by atoms with E-state index in [1.807, 2.05) is 24.3 Å². The quantitative estimate of drug-likeness (QED) is 0.619. The molecule has 0 saturated carbocycles. The molecule has 1 aliphatic heterocycles. The van der Waals surface area contributed by atoms with Crippen molar-refractivity contribution in [3.63, 3.8) is 0 Å². The van der Waals surface area contributed by atoms with Crippen molar-refractivity contribution in [3.05, 3.63) is 28.7 Å². The van der Waals surface area contributed by atoms with Crippen LogP contribution in [0.1, 0.15) is 19.3 Å². The van der Waals surface area contributed by atoms with Crippen LogP contribution in [0.15, 0.2) is 28.7 Å². The predicted octanol–water partition coefficient (Wildman–Crippen LogP) is 2.37. The SMILES string of the molecule is O=C1CCC(=O)N1CCCOc1ccccc1Br. The first-order chi connectivity index (χ1) is 8.68. The molecule has 1 aromatic carbocycles. The molecule has 1 saturated heterocycles. The Morgan fingerprint density at radius 2 is 1.83 bits per heavy atom. The van der Waals surface area contributed by atoms with Crippen molar-refractivity contribution in [2.45, 2.75) is 19.3 Å². The van der Waals surface area contributed by atoms with Gasteiger partial charge in [0.05, 0.1) is 11.1 Å². The van der Waals surface area contributed by atoms with Gasteiger partial charge < -0.3 is 4.74 Å². The molecular formula is C13H14BrNO3. The average Bonchev–Trinajstić information content (AvgIpc) is 2.67. The molecule has 0 radical (unpaired) electrons. The smallest absolute Gasteiger partial charge is 0.229 e. The Labute approximate surface area is 114 Å². The van der Waals surface area contributed by atoms with Crippen LogP contribution in [0.25, 0.3) is 0 Å². The third kappa shape index (κ3) is 3.10. The Morgan fingerprint density at radius 3 is 2.50 bits per heavy atom. The van der Waals surface area contributed by atoms with Crippen LogP contribution in [-0.4, -0.2) is 29.9 Å². The van der Waals surface area contributed by atoms with E-state index in [9.17, 15) is 9.59 Å². The maximum absolute atomic E-state index is 11.4. The van der Waals surface area contributed by atoms with Gasteiger partial charge in [0, 0.05) is 19.4 Å². The molecule has 0 atom stereocenters. The third-order valence-corrected chi connectivity index (χ3v) is 3.43. The summed E-state index contributed by atoms with van der Waals surface area (Å²) in [5, 5.41) is 0. The Bertz CT molecular complexity index is 445. The molecule has 0 spiro atoms. The number of halogens is 1. The molecule has 1 heterocycles. The summed E-state index contributed by atoms with van der Waals surface area (Å²) in [5.74, 6) is 0.637. The lowest BCUT2D eigenvalue weighted by molar-refractivity contribution is -0.138. The predicted molar refractivity (Wildman–Crippen MR) is 70.2 cm³/mol. The maximum atomic E-state index is 11.4. The molecule has 5 heteroatoms. The number of nitrogens with zero attached hydrogens (tertiary/aromatic N) is 1. The number of imide groups is 1. The molecular weight excluding hydrogens is 298 g/mol. The summed E-state index contributed by atoms with van der Waals surface area (Å²) < 4.78 is 6.47. The second kappa shape index (κ2) is 6.00. The highest BCUT2D eigenvalue weighted by atomic mass is 79.9. The van der Waals surface area contributed by atoms with Crippen molar-refractivity contribution in [3.8, 4) is 5.75 Å². The second-order valence-corrected chi connectivity index (χ2v) is 4.93. The minimum absolute atomic E-state index is 0.0686. The number of hydrogen-bond donors (Lipinski definition) is 0. The molecule has 4 nitrogen and oxygen atoms in total. The Morgan fingerprint density at radius 1 is 1.17 bits per heavy atom. The van der Waals surface area contributed by atoms with Crippen LogP contribution in [0.2, 0.25) is 0 Å². The van der Waals surface area contributed by atoms with E-state index in [-0.39, 0.29) is 11.8 Å². The standard InChI is InChI=1S/C13H14BrNO3/c14-10-4-1-2-5-11(10)18-9-3-8-15-12(16)6-7-13(15)17/h1-2,4-5H,3,6-9H2. The van der Waals surface area contributed by atoms with E-state index in [0.717, 1.165) is 10.2 Å². The van der Waals surface area contributed by atoms with Crippen molar-refractivity contribution in [1.82, 2.24) is 4.90 Å². The van der Waals surface area contributed by atoms with Gasteiger partial charge in [0.25, 0.3) is 0 Å². The van der Waals surface area contributed by atoms with E-state index in [4.69, 9.17) is 4.74 Å². The van der Waals surface area contributed by atoms with Crippen LogP contribution in [-0.2, 0) is 9.59 Å². The van der Waals surface area contributed by atoms with E-state index in [0.29, 0.717) is 32.4 Å². The number of carbonyl (C=O) groups is 2. The Hall–Kier alpha value is -1.36. The number of para-hydroxylation sites is 1. The summed E-state index contributed by atoms with van der Waals surface area (Å²) in [4.78, 5) is 24.0. The fourth-order valence-corrected chi connectivity index (χ4v) is 2.24. The molecule has 2 rings (SSSR count). The minimum atomic E-state index is -0.0686. The monoisotopic (exact) mass is 311 g/mol. The van der Waals surface area contributed by atoms with Gasteiger partial charge in [-0.25, -0.2) is 0 Å². The minimum Gasteiger partial charge on any atom is -0.492 e. The van der Waals surface area contributed by atoms with Gasteiger partial charge in [0.2, 0.25) is 11.8 Å². The first-order valence-corrected chi connectivity index (χ1v) is 6.68. The number of hydrogen-bond acceptors (Lipinski definition) is 3. The number of likely N-dealkylation sites (tertiary alicyclic amines) is 1. The molecule has 1 aromatic rings. The van der Waals surface area contributed by atoms with Crippen LogP contribution in [0.5, 0.6) is 5.75 Å². The molecule has 1 aliphatic rings. The van der Waals surface area contributed by atoms with Crippen LogP contribution < -0.4 is 4.74 Å². The molecule has 18 heavy (non-hydrogen) atoms. The van der Waals surface area contributed by atoms with E-state index in [1.54, 1.807) is 0 Å². The fraction of sp³-hybridized carbons (Fsp3) is 0.385. The van der Waals surface area contributed by atoms with E-state index in [1.165, 1.54) is 4.90 Å². The zero-order valence-corrected chi connectivity index (χ0v) is 11.5. The highest BCUT2D eigenvalue weighted by Gasteiger charge is 2.27. The third-order valence-electron chi connectivity index (χ3n) is 2.78. The first-order valence-electron chi connectivity index (χ1n) is 5.89. The zero-order valence-electron chi connectivity index (χ0n) is 9.89. The molecule has 0 N–H and O–H groups in total. The molecule has 0 bridgehead atoms. The number of carbonyl (C=O) groups excluding carboxylic acids is 2. The highest BCUT2D eigenvalue weighted by molar-refractivity contribution is 9.10. The summed E-state index contributed by atoms with van der Waals surface area (Å²) in [5.41, 5.74) is 0. The van der Waals surface area contributed by atoms with Crippen molar-refractivity contribution in [2.75, 3.05) is 13.2 Å².